The molecule has 0 atom stereocenters. The van der Waals surface area contributed by atoms with Gasteiger partial charge in [0.15, 0.2) is 5.16 Å². The van der Waals surface area contributed by atoms with Crippen LogP contribution in [0.4, 0.5) is 0 Å². The number of hydrogen-bond donors (Lipinski definition) is 1. The minimum Gasteiger partial charge on any atom is -0.353 e. The summed E-state index contributed by atoms with van der Waals surface area (Å²) in [6.07, 6.45) is 3.95. The fourth-order valence-electron chi connectivity index (χ4n) is 1.32. The highest BCUT2D eigenvalue weighted by Crippen LogP contribution is 2.21. The molecule has 6 heteroatoms. The molecule has 1 aromatic rings. The third-order valence-electron chi connectivity index (χ3n) is 2.37. The van der Waals surface area contributed by atoms with Crippen LogP contribution in [-0.4, -0.2) is 32.5 Å². The van der Waals surface area contributed by atoms with Gasteiger partial charge in [0.2, 0.25) is 5.91 Å². The molecule has 0 aliphatic heterocycles. The minimum atomic E-state index is 0.0887. The molecule has 0 radical (unpaired) electrons. The van der Waals surface area contributed by atoms with Crippen molar-refractivity contribution < 1.29 is 4.79 Å². The molecule has 1 saturated carbocycles. The average molecular weight is 240 g/mol. The third-order valence-corrected chi connectivity index (χ3v) is 3.33. The molecule has 2 rings (SSSR count). The molecule has 0 saturated heterocycles. The fraction of sp³-hybridized carbons (Fsp3) is 0.700. The number of carbonyl (C=O) groups excluding carboxylic acids is 1. The summed E-state index contributed by atoms with van der Waals surface area (Å²) in [7, 11) is 0. The summed E-state index contributed by atoms with van der Waals surface area (Å²) in [6.45, 7) is 4.13. The predicted molar refractivity (Wildman–Crippen MR) is 62.3 cm³/mol. The van der Waals surface area contributed by atoms with Gasteiger partial charge in [0.1, 0.15) is 6.33 Å². The maximum Gasteiger partial charge on any atom is 0.230 e. The molecule has 5 nitrogen and oxygen atoms in total. The standard InChI is InChI=1S/C10H16N4OS/c1-7(2)14-6-11-13-10(14)16-5-9(15)12-8-3-4-8/h6-8H,3-5H2,1-2H3,(H,12,15). The van der Waals surface area contributed by atoms with Gasteiger partial charge in [0, 0.05) is 12.1 Å². The van der Waals surface area contributed by atoms with E-state index in [9.17, 15) is 4.79 Å². The molecule has 1 aromatic heterocycles. The molecule has 1 aliphatic carbocycles. The number of thioether (sulfide) groups is 1. The largest absolute Gasteiger partial charge is 0.353 e. The zero-order chi connectivity index (χ0) is 11.5. The van der Waals surface area contributed by atoms with E-state index in [4.69, 9.17) is 0 Å². The van der Waals surface area contributed by atoms with Gasteiger partial charge in [-0.05, 0) is 26.7 Å². The topological polar surface area (TPSA) is 59.8 Å². The van der Waals surface area contributed by atoms with Crippen LogP contribution >= 0.6 is 11.8 Å². The van der Waals surface area contributed by atoms with Gasteiger partial charge >= 0.3 is 0 Å². The van der Waals surface area contributed by atoms with Crippen molar-refractivity contribution in [2.75, 3.05) is 5.75 Å². The molecular formula is C10H16N4OS. The summed E-state index contributed by atoms with van der Waals surface area (Å²) < 4.78 is 1.97. The summed E-state index contributed by atoms with van der Waals surface area (Å²) in [4.78, 5) is 11.5. The first-order chi connectivity index (χ1) is 7.66. The SMILES string of the molecule is CC(C)n1cnnc1SCC(=O)NC1CC1. The van der Waals surface area contributed by atoms with Crippen LogP contribution in [0.2, 0.25) is 0 Å². The maximum atomic E-state index is 11.5. The Morgan fingerprint density at radius 2 is 2.44 bits per heavy atom. The lowest BCUT2D eigenvalue weighted by Crippen LogP contribution is -2.27. The van der Waals surface area contributed by atoms with E-state index in [0.29, 0.717) is 17.8 Å². The van der Waals surface area contributed by atoms with Crippen LogP contribution in [0, 0.1) is 0 Å². The second-order valence-electron chi connectivity index (χ2n) is 4.24. The first-order valence-electron chi connectivity index (χ1n) is 5.48. The van der Waals surface area contributed by atoms with Crippen LogP contribution in [0.25, 0.3) is 0 Å². The van der Waals surface area contributed by atoms with Crippen LogP contribution in [0.15, 0.2) is 11.5 Å². The van der Waals surface area contributed by atoms with Crippen molar-refractivity contribution in [3.8, 4) is 0 Å². The van der Waals surface area contributed by atoms with Gasteiger partial charge in [-0.15, -0.1) is 10.2 Å². The zero-order valence-electron chi connectivity index (χ0n) is 9.51. The highest BCUT2D eigenvalue weighted by atomic mass is 32.2. The molecule has 16 heavy (non-hydrogen) atoms. The van der Waals surface area contributed by atoms with E-state index in [-0.39, 0.29) is 5.91 Å². The summed E-state index contributed by atoms with van der Waals surface area (Å²) in [5.74, 6) is 0.507. The van der Waals surface area contributed by atoms with E-state index < -0.39 is 0 Å². The molecule has 1 aliphatic rings. The summed E-state index contributed by atoms with van der Waals surface area (Å²) in [5, 5.41) is 11.6. The van der Waals surface area contributed by atoms with Crippen LogP contribution < -0.4 is 5.32 Å². The van der Waals surface area contributed by atoms with E-state index in [0.717, 1.165) is 18.0 Å². The van der Waals surface area contributed by atoms with Gasteiger partial charge in [0.05, 0.1) is 5.75 Å². The van der Waals surface area contributed by atoms with Crippen LogP contribution in [0.5, 0.6) is 0 Å². The number of rotatable bonds is 5. The second-order valence-corrected chi connectivity index (χ2v) is 5.19. The number of aromatic nitrogens is 3. The molecule has 0 bridgehead atoms. The Morgan fingerprint density at radius 3 is 3.06 bits per heavy atom. The molecule has 1 heterocycles. The van der Waals surface area contributed by atoms with E-state index in [1.807, 2.05) is 4.57 Å². The number of hydrogen-bond acceptors (Lipinski definition) is 4. The molecule has 1 N–H and O–H groups in total. The first kappa shape index (κ1) is 11.4. The van der Waals surface area contributed by atoms with Crippen LogP contribution in [-0.2, 0) is 4.79 Å². The van der Waals surface area contributed by atoms with Crippen LogP contribution in [0.1, 0.15) is 32.7 Å². The molecular weight excluding hydrogens is 224 g/mol. The lowest BCUT2D eigenvalue weighted by Gasteiger charge is -2.09. The minimum absolute atomic E-state index is 0.0887. The van der Waals surface area contributed by atoms with Crippen molar-refractivity contribution in [2.24, 2.45) is 0 Å². The van der Waals surface area contributed by atoms with Crippen molar-refractivity contribution in [1.29, 1.82) is 0 Å². The smallest absolute Gasteiger partial charge is 0.230 e. The van der Waals surface area contributed by atoms with Gasteiger partial charge < -0.3 is 9.88 Å². The first-order valence-corrected chi connectivity index (χ1v) is 6.47. The Kier molecular flexibility index (Phi) is 3.48. The van der Waals surface area contributed by atoms with Crippen LogP contribution in [0.3, 0.4) is 0 Å². The summed E-state index contributed by atoms with van der Waals surface area (Å²) in [5.41, 5.74) is 0. The molecule has 0 aromatic carbocycles. The fourth-order valence-corrected chi connectivity index (χ4v) is 2.17. The lowest BCUT2D eigenvalue weighted by molar-refractivity contribution is -0.118. The van der Waals surface area contributed by atoms with Gasteiger partial charge in [-0.25, -0.2) is 0 Å². The van der Waals surface area contributed by atoms with Crippen molar-refractivity contribution >= 4 is 17.7 Å². The zero-order valence-corrected chi connectivity index (χ0v) is 10.3. The van der Waals surface area contributed by atoms with Gasteiger partial charge in [-0.1, -0.05) is 11.8 Å². The highest BCUT2D eigenvalue weighted by Gasteiger charge is 2.23. The van der Waals surface area contributed by atoms with Crippen molar-refractivity contribution in [2.45, 2.75) is 43.9 Å². The summed E-state index contributed by atoms with van der Waals surface area (Å²) in [6, 6.07) is 0.750. The monoisotopic (exact) mass is 240 g/mol. The van der Waals surface area contributed by atoms with Crippen molar-refractivity contribution in [3.05, 3.63) is 6.33 Å². The normalized spacial score (nSPS) is 15.4. The Labute approximate surface area is 99.0 Å². The van der Waals surface area contributed by atoms with Gasteiger partial charge in [-0.3, -0.25) is 4.79 Å². The molecule has 1 amide bonds. The van der Waals surface area contributed by atoms with E-state index in [1.165, 1.54) is 11.8 Å². The average Bonchev–Trinajstić information content (AvgIpc) is 2.91. The van der Waals surface area contributed by atoms with Gasteiger partial charge in [-0.2, -0.15) is 0 Å². The Bertz CT molecular complexity index is 373. The number of nitrogens with one attached hydrogen (secondary N) is 1. The lowest BCUT2D eigenvalue weighted by atomic mass is 10.4. The number of carbonyl (C=O) groups is 1. The van der Waals surface area contributed by atoms with Crippen molar-refractivity contribution in [1.82, 2.24) is 20.1 Å². The van der Waals surface area contributed by atoms with Crippen molar-refractivity contribution in [3.63, 3.8) is 0 Å². The number of nitrogens with zero attached hydrogens (tertiary/aromatic N) is 3. The summed E-state index contributed by atoms with van der Waals surface area (Å²) >= 11 is 1.44. The maximum absolute atomic E-state index is 11.5. The quantitative estimate of drug-likeness (QED) is 0.786. The Balaban J connectivity index is 1.83. The van der Waals surface area contributed by atoms with E-state index >= 15 is 0 Å². The van der Waals surface area contributed by atoms with Gasteiger partial charge in [0.25, 0.3) is 0 Å². The molecule has 88 valence electrons. The third kappa shape index (κ3) is 2.98. The predicted octanol–water partition coefficient (Wildman–Crippen LogP) is 1.23. The Morgan fingerprint density at radius 1 is 1.69 bits per heavy atom. The second kappa shape index (κ2) is 4.86. The Hall–Kier alpha value is -1.04. The molecule has 0 spiro atoms. The van der Waals surface area contributed by atoms with E-state index in [1.54, 1.807) is 6.33 Å². The molecule has 1 fully saturated rings. The highest BCUT2D eigenvalue weighted by molar-refractivity contribution is 7.99. The van der Waals surface area contributed by atoms with E-state index in [2.05, 4.69) is 29.4 Å². The number of amides is 1. The molecule has 0 unspecified atom stereocenters.